The van der Waals surface area contributed by atoms with E-state index in [4.69, 9.17) is 33.3 Å². The molecular formula is C22H13ClN2O5S. The van der Waals surface area contributed by atoms with Crippen LogP contribution in [0.2, 0.25) is 5.02 Å². The smallest absolute Gasteiger partial charge is 0.335 e. The number of rotatable bonds is 4. The van der Waals surface area contributed by atoms with Gasteiger partial charge in [0.2, 0.25) is 0 Å². The molecule has 0 saturated carbocycles. The van der Waals surface area contributed by atoms with Gasteiger partial charge >= 0.3 is 5.97 Å². The molecule has 1 aliphatic rings. The Balaban J connectivity index is 1.63. The van der Waals surface area contributed by atoms with Gasteiger partial charge in [-0.05, 0) is 66.8 Å². The second-order valence-corrected chi connectivity index (χ2v) is 7.34. The second-order valence-electron chi connectivity index (χ2n) is 6.52. The number of aromatic carboxylic acids is 1. The molecule has 0 spiro atoms. The third-order valence-corrected chi connectivity index (χ3v) is 5.05. The van der Waals surface area contributed by atoms with E-state index in [9.17, 15) is 14.4 Å². The van der Waals surface area contributed by atoms with Crippen molar-refractivity contribution in [2.45, 2.75) is 0 Å². The molecule has 9 heteroatoms. The molecule has 1 aromatic heterocycles. The highest BCUT2D eigenvalue weighted by molar-refractivity contribution is 7.80. The third kappa shape index (κ3) is 4.11. The van der Waals surface area contributed by atoms with Crippen molar-refractivity contribution < 1.29 is 23.9 Å². The molecular weight excluding hydrogens is 440 g/mol. The maximum absolute atomic E-state index is 13.0. The Labute approximate surface area is 186 Å². The first-order valence-corrected chi connectivity index (χ1v) is 9.73. The second kappa shape index (κ2) is 8.17. The number of amides is 2. The van der Waals surface area contributed by atoms with Crippen LogP contribution in [0.15, 0.2) is 70.7 Å². The molecule has 2 aromatic carbocycles. The first-order valence-electron chi connectivity index (χ1n) is 8.94. The SMILES string of the molecule is O=C1NC(=S)N(c2ccc(Cl)cc2)C(=O)/C1=C\c1ccc(-c2ccc(C(=O)O)cc2)o1. The van der Waals surface area contributed by atoms with Crippen LogP contribution in [0.5, 0.6) is 0 Å². The van der Waals surface area contributed by atoms with Gasteiger partial charge in [0.1, 0.15) is 17.1 Å². The lowest BCUT2D eigenvalue weighted by Crippen LogP contribution is -2.54. The van der Waals surface area contributed by atoms with Crippen LogP contribution in [0.3, 0.4) is 0 Å². The van der Waals surface area contributed by atoms with Crippen molar-refractivity contribution in [1.82, 2.24) is 5.32 Å². The van der Waals surface area contributed by atoms with Gasteiger partial charge in [-0.1, -0.05) is 23.7 Å². The van der Waals surface area contributed by atoms with Crippen molar-refractivity contribution in [2.24, 2.45) is 0 Å². The maximum Gasteiger partial charge on any atom is 0.335 e. The highest BCUT2D eigenvalue weighted by Gasteiger charge is 2.34. The highest BCUT2D eigenvalue weighted by atomic mass is 35.5. The topological polar surface area (TPSA) is 99.9 Å². The number of carbonyl (C=O) groups is 3. The Morgan fingerprint density at radius 3 is 2.35 bits per heavy atom. The Hall–Kier alpha value is -3.75. The normalized spacial score (nSPS) is 15.3. The minimum atomic E-state index is -1.03. The summed E-state index contributed by atoms with van der Waals surface area (Å²) in [5, 5.41) is 12.0. The fourth-order valence-corrected chi connectivity index (χ4v) is 3.39. The van der Waals surface area contributed by atoms with Crippen LogP contribution in [0.1, 0.15) is 16.1 Å². The molecule has 2 amide bonds. The number of hydrogen-bond acceptors (Lipinski definition) is 5. The van der Waals surface area contributed by atoms with Crippen LogP contribution in [-0.4, -0.2) is 28.0 Å². The van der Waals surface area contributed by atoms with E-state index in [1.807, 2.05) is 0 Å². The molecule has 1 saturated heterocycles. The van der Waals surface area contributed by atoms with Gasteiger partial charge in [0.15, 0.2) is 5.11 Å². The number of carbonyl (C=O) groups excluding carboxylic acids is 2. The number of nitrogens with one attached hydrogen (secondary N) is 1. The monoisotopic (exact) mass is 452 g/mol. The molecule has 0 bridgehead atoms. The zero-order chi connectivity index (χ0) is 22.1. The van der Waals surface area contributed by atoms with Crippen molar-refractivity contribution in [3.8, 4) is 11.3 Å². The number of carboxylic acids is 1. The van der Waals surface area contributed by atoms with Gasteiger partial charge in [-0.2, -0.15) is 0 Å². The average molecular weight is 453 g/mol. The first-order chi connectivity index (χ1) is 14.8. The fourth-order valence-electron chi connectivity index (χ4n) is 2.99. The number of benzene rings is 2. The molecule has 1 fully saturated rings. The van der Waals surface area contributed by atoms with Crippen LogP contribution in [0.25, 0.3) is 17.4 Å². The molecule has 0 unspecified atom stereocenters. The minimum Gasteiger partial charge on any atom is -0.478 e. The summed E-state index contributed by atoms with van der Waals surface area (Å²) in [6, 6.07) is 15.9. The number of carboxylic acid groups (broad SMARTS) is 1. The van der Waals surface area contributed by atoms with Crippen LogP contribution < -0.4 is 10.2 Å². The van der Waals surface area contributed by atoms with Crippen LogP contribution in [0, 0.1) is 0 Å². The van der Waals surface area contributed by atoms with E-state index in [1.165, 1.54) is 23.1 Å². The number of halogens is 1. The van der Waals surface area contributed by atoms with E-state index in [0.717, 1.165) is 0 Å². The van der Waals surface area contributed by atoms with E-state index >= 15 is 0 Å². The summed E-state index contributed by atoms with van der Waals surface area (Å²) >= 11 is 11.1. The summed E-state index contributed by atoms with van der Waals surface area (Å²) in [6.07, 6.45) is 1.33. The number of hydrogen-bond donors (Lipinski definition) is 2. The van der Waals surface area contributed by atoms with Gasteiger partial charge in [-0.25, -0.2) is 4.79 Å². The van der Waals surface area contributed by atoms with Crippen LogP contribution >= 0.6 is 23.8 Å². The minimum absolute atomic E-state index is 0.0341. The Morgan fingerprint density at radius 1 is 1.03 bits per heavy atom. The molecule has 154 valence electrons. The summed E-state index contributed by atoms with van der Waals surface area (Å²) in [7, 11) is 0. The van der Waals surface area contributed by atoms with E-state index in [1.54, 1.807) is 48.5 Å². The number of furan rings is 1. The molecule has 0 radical (unpaired) electrons. The lowest BCUT2D eigenvalue weighted by molar-refractivity contribution is -0.122. The average Bonchev–Trinajstić information content (AvgIpc) is 3.21. The Kier molecular flexibility index (Phi) is 5.41. The third-order valence-electron chi connectivity index (χ3n) is 4.52. The molecule has 1 aliphatic heterocycles. The number of anilines is 1. The summed E-state index contributed by atoms with van der Waals surface area (Å²) in [6.45, 7) is 0. The molecule has 3 aromatic rings. The zero-order valence-electron chi connectivity index (χ0n) is 15.7. The summed E-state index contributed by atoms with van der Waals surface area (Å²) in [5.74, 6) is -1.53. The van der Waals surface area contributed by atoms with Crippen molar-refractivity contribution >= 4 is 58.5 Å². The molecule has 2 N–H and O–H groups in total. The van der Waals surface area contributed by atoms with Crippen molar-refractivity contribution in [1.29, 1.82) is 0 Å². The first kappa shape index (κ1) is 20.5. The van der Waals surface area contributed by atoms with Gasteiger partial charge in [0, 0.05) is 10.6 Å². The lowest BCUT2D eigenvalue weighted by atomic mass is 10.1. The number of nitrogens with zero attached hydrogens (tertiary/aromatic N) is 1. The van der Waals surface area contributed by atoms with Gasteiger partial charge in [-0.3, -0.25) is 19.8 Å². The van der Waals surface area contributed by atoms with Gasteiger partial charge in [0.05, 0.1) is 11.3 Å². The summed E-state index contributed by atoms with van der Waals surface area (Å²) in [4.78, 5) is 37.6. The maximum atomic E-state index is 13.0. The molecule has 2 heterocycles. The molecule has 0 atom stereocenters. The standard InChI is InChI=1S/C22H13ClN2O5S/c23-14-5-7-15(8-6-14)25-20(27)17(19(26)24-22(25)31)11-16-9-10-18(30-16)12-1-3-13(4-2-12)21(28)29/h1-11H,(H,28,29)(H,24,26,31)/b17-11-. The van der Waals surface area contributed by atoms with Crippen molar-refractivity contribution in [3.05, 3.63) is 82.6 Å². The highest BCUT2D eigenvalue weighted by Crippen LogP contribution is 2.26. The quantitative estimate of drug-likeness (QED) is 0.351. The van der Waals surface area contributed by atoms with E-state index in [2.05, 4.69) is 5.32 Å². The van der Waals surface area contributed by atoms with Crippen molar-refractivity contribution in [3.63, 3.8) is 0 Å². The molecule has 4 rings (SSSR count). The van der Waals surface area contributed by atoms with Crippen LogP contribution in [0.4, 0.5) is 5.69 Å². The summed E-state index contributed by atoms with van der Waals surface area (Å²) < 4.78 is 5.73. The van der Waals surface area contributed by atoms with Crippen LogP contribution in [-0.2, 0) is 9.59 Å². The molecule has 31 heavy (non-hydrogen) atoms. The fraction of sp³-hybridized carbons (Fsp3) is 0. The van der Waals surface area contributed by atoms with E-state index in [-0.39, 0.29) is 22.0 Å². The number of thiocarbonyl (C=S) groups is 1. The Bertz CT molecular complexity index is 1250. The van der Waals surface area contributed by atoms with Gasteiger partial charge in [-0.15, -0.1) is 0 Å². The molecule has 0 aliphatic carbocycles. The summed E-state index contributed by atoms with van der Waals surface area (Å²) in [5.41, 5.74) is 1.12. The molecule has 7 nitrogen and oxygen atoms in total. The van der Waals surface area contributed by atoms with E-state index in [0.29, 0.717) is 22.0 Å². The predicted octanol–water partition coefficient (Wildman–Crippen LogP) is 4.13. The van der Waals surface area contributed by atoms with Crippen molar-refractivity contribution in [2.75, 3.05) is 4.90 Å². The lowest BCUT2D eigenvalue weighted by Gasteiger charge is -2.28. The Morgan fingerprint density at radius 2 is 1.71 bits per heavy atom. The predicted molar refractivity (Wildman–Crippen MR) is 119 cm³/mol. The largest absolute Gasteiger partial charge is 0.478 e. The van der Waals surface area contributed by atoms with Gasteiger partial charge in [0.25, 0.3) is 11.8 Å². The zero-order valence-corrected chi connectivity index (χ0v) is 17.2. The van der Waals surface area contributed by atoms with Gasteiger partial charge < -0.3 is 9.52 Å². The van der Waals surface area contributed by atoms with E-state index < -0.39 is 17.8 Å².